The number of rotatable bonds is 7. The molecule has 1 saturated carbocycles. The van der Waals surface area contributed by atoms with Crippen LogP contribution in [-0.2, 0) is 9.59 Å². The number of thiazole rings is 1. The fraction of sp³-hybridized carbons (Fsp3) is 0.353. The van der Waals surface area contributed by atoms with Crippen LogP contribution in [0.1, 0.15) is 17.7 Å². The second-order valence-electron chi connectivity index (χ2n) is 5.68. The van der Waals surface area contributed by atoms with Crippen LogP contribution in [0.15, 0.2) is 41.4 Å². The Hall–Kier alpha value is -1.86. The molecule has 1 aromatic heterocycles. The smallest absolute Gasteiger partial charge is 0.245 e. The van der Waals surface area contributed by atoms with E-state index in [2.05, 4.69) is 10.3 Å². The van der Waals surface area contributed by atoms with Gasteiger partial charge >= 0.3 is 0 Å². The summed E-state index contributed by atoms with van der Waals surface area (Å²) in [5.74, 6) is 0.176. The van der Waals surface area contributed by atoms with Crippen LogP contribution in [0.5, 0.6) is 0 Å². The molecule has 2 amide bonds. The van der Waals surface area contributed by atoms with Crippen molar-refractivity contribution in [2.24, 2.45) is 0 Å². The van der Waals surface area contributed by atoms with Crippen molar-refractivity contribution in [1.82, 2.24) is 9.88 Å². The maximum Gasteiger partial charge on any atom is 0.245 e. The van der Waals surface area contributed by atoms with Gasteiger partial charge in [-0.05, 0) is 31.9 Å². The molecule has 126 valence electrons. The number of hydrogen-bond acceptors (Lipinski definition) is 5. The number of hydrogen-bond donors (Lipinski definition) is 1. The number of carbonyl (C=O) groups excluding carboxylic acids is 2. The molecule has 24 heavy (non-hydrogen) atoms. The topological polar surface area (TPSA) is 62.3 Å². The number of nitrogens with zero attached hydrogens (tertiary/aromatic N) is 2. The van der Waals surface area contributed by atoms with Crippen molar-refractivity contribution in [3.05, 3.63) is 41.4 Å². The molecule has 1 aliphatic rings. The summed E-state index contributed by atoms with van der Waals surface area (Å²) in [6.45, 7) is 2.03. The Balaban J connectivity index is 1.54. The van der Waals surface area contributed by atoms with Crippen molar-refractivity contribution in [3.63, 3.8) is 0 Å². The highest BCUT2D eigenvalue weighted by Gasteiger charge is 2.33. The molecule has 1 aliphatic carbocycles. The Bertz CT molecular complexity index is 714. The van der Waals surface area contributed by atoms with Gasteiger partial charge in [0.1, 0.15) is 6.54 Å². The first-order valence-corrected chi connectivity index (χ1v) is 9.61. The monoisotopic (exact) mass is 361 g/mol. The zero-order valence-electron chi connectivity index (χ0n) is 13.4. The maximum absolute atomic E-state index is 12.5. The molecule has 1 N–H and O–H groups in total. The zero-order valence-corrected chi connectivity index (χ0v) is 15.0. The summed E-state index contributed by atoms with van der Waals surface area (Å²) in [6, 6.07) is 10.0. The van der Waals surface area contributed by atoms with Gasteiger partial charge < -0.3 is 10.2 Å². The van der Waals surface area contributed by atoms with Crippen LogP contribution in [0.25, 0.3) is 0 Å². The molecule has 0 atom stereocenters. The number of anilines is 1. The molecule has 0 spiro atoms. The first kappa shape index (κ1) is 17.0. The Morgan fingerprint density at radius 2 is 2.08 bits per heavy atom. The summed E-state index contributed by atoms with van der Waals surface area (Å²) in [6.07, 6.45) is 3.68. The van der Waals surface area contributed by atoms with Gasteiger partial charge in [-0.2, -0.15) is 0 Å². The zero-order chi connectivity index (χ0) is 16.9. The molecule has 0 saturated heterocycles. The molecule has 2 aromatic rings. The molecule has 0 unspecified atom stereocenters. The average Bonchev–Trinajstić information content (AvgIpc) is 3.34. The Kier molecular flexibility index (Phi) is 5.52. The standard InChI is InChI=1S/C17H19N3O2S2/c1-12-9-18-17(24-12)19-15(21)10-20(13-7-8-13)16(22)11-23-14-5-3-2-4-6-14/h2-6,9,13H,7-8,10-11H2,1H3,(H,18,19,21). The van der Waals surface area contributed by atoms with E-state index >= 15 is 0 Å². The summed E-state index contributed by atoms with van der Waals surface area (Å²) in [7, 11) is 0. The normalized spacial score (nSPS) is 13.5. The maximum atomic E-state index is 12.5. The van der Waals surface area contributed by atoms with Crippen molar-refractivity contribution in [1.29, 1.82) is 0 Å². The number of benzene rings is 1. The largest absolute Gasteiger partial charge is 0.330 e. The third-order valence-electron chi connectivity index (χ3n) is 3.60. The molecule has 0 aliphatic heterocycles. The Morgan fingerprint density at radius 1 is 1.33 bits per heavy atom. The van der Waals surface area contributed by atoms with E-state index in [9.17, 15) is 9.59 Å². The van der Waals surface area contributed by atoms with Crippen molar-refractivity contribution in [2.75, 3.05) is 17.6 Å². The van der Waals surface area contributed by atoms with Gasteiger partial charge in [-0.15, -0.1) is 23.1 Å². The quantitative estimate of drug-likeness (QED) is 0.770. The lowest BCUT2D eigenvalue weighted by molar-refractivity contribution is -0.132. The van der Waals surface area contributed by atoms with Gasteiger partial charge in [-0.1, -0.05) is 18.2 Å². The number of nitrogens with one attached hydrogen (secondary N) is 1. The fourth-order valence-electron chi connectivity index (χ4n) is 2.28. The third-order valence-corrected chi connectivity index (χ3v) is 5.42. The van der Waals surface area contributed by atoms with E-state index < -0.39 is 0 Å². The number of aromatic nitrogens is 1. The Morgan fingerprint density at radius 3 is 2.71 bits per heavy atom. The molecular formula is C17H19N3O2S2. The van der Waals surface area contributed by atoms with Crippen molar-refractivity contribution < 1.29 is 9.59 Å². The van der Waals surface area contributed by atoms with E-state index in [1.54, 1.807) is 11.1 Å². The minimum Gasteiger partial charge on any atom is -0.330 e. The first-order chi connectivity index (χ1) is 11.6. The third kappa shape index (κ3) is 4.82. The molecular weight excluding hydrogens is 342 g/mol. The Labute approximate surface area is 149 Å². The van der Waals surface area contributed by atoms with Gasteiger partial charge in [-0.25, -0.2) is 4.98 Å². The lowest BCUT2D eigenvalue weighted by Gasteiger charge is -2.21. The molecule has 5 nitrogen and oxygen atoms in total. The fourth-order valence-corrected chi connectivity index (χ4v) is 3.76. The molecule has 1 heterocycles. The van der Waals surface area contributed by atoms with Gasteiger partial charge in [0.05, 0.1) is 5.75 Å². The second kappa shape index (κ2) is 7.81. The molecule has 7 heteroatoms. The van der Waals surface area contributed by atoms with Gasteiger partial charge in [0.2, 0.25) is 11.8 Å². The van der Waals surface area contributed by atoms with Crippen LogP contribution < -0.4 is 5.32 Å². The van der Waals surface area contributed by atoms with Crippen LogP contribution in [0.3, 0.4) is 0 Å². The SMILES string of the molecule is Cc1cnc(NC(=O)CN(C(=O)CSc2ccccc2)C2CC2)s1. The van der Waals surface area contributed by atoms with Gasteiger partial charge in [0.15, 0.2) is 5.13 Å². The highest BCUT2D eigenvalue weighted by molar-refractivity contribution is 8.00. The van der Waals surface area contributed by atoms with E-state index in [0.717, 1.165) is 22.6 Å². The van der Waals surface area contributed by atoms with E-state index in [-0.39, 0.29) is 24.4 Å². The molecule has 0 bridgehead atoms. The van der Waals surface area contributed by atoms with Crippen LogP contribution in [0, 0.1) is 6.92 Å². The number of aryl methyl sites for hydroxylation is 1. The van der Waals surface area contributed by atoms with Crippen LogP contribution >= 0.6 is 23.1 Å². The first-order valence-electron chi connectivity index (χ1n) is 7.81. The lowest BCUT2D eigenvalue weighted by atomic mass is 10.4. The van der Waals surface area contributed by atoms with E-state index in [4.69, 9.17) is 0 Å². The predicted octanol–water partition coefficient (Wildman–Crippen LogP) is 3.17. The number of thioether (sulfide) groups is 1. The van der Waals surface area contributed by atoms with Crippen LogP contribution in [0.4, 0.5) is 5.13 Å². The van der Waals surface area contributed by atoms with Crippen molar-refractivity contribution >= 4 is 40.0 Å². The summed E-state index contributed by atoms with van der Waals surface area (Å²) in [4.78, 5) is 32.6. The summed E-state index contributed by atoms with van der Waals surface area (Å²) in [5.41, 5.74) is 0. The van der Waals surface area contributed by atoms with E-state index in [0.29, 0.717) is 10.9 Å². The van der Waals surface area contributed by atoms with E-state index in [1.165, 1.54) is 23.1 Å². The molecule has 1 fully saturated rings. The summed E-state index contributed by atoms with van der Waals surface area (Å²) >= 11 is 2.94. The molecule has 0 radical (unpaired) electrons. The highest BCUT2D eigenvalue weighted by Crippen LogP contribution is 2.28. The van der Waals surface area contributed by atoms with Crippen molar-refractivity contribution in [2.45, 2.75) is 30.7 Å². The van der Waals surface area contributed by atoms with Crippen LogP contribution in [-0.4, -0.2) is 40.0 Å². The lowest BCUT2D eigenvalue weighted by Crippen LogP contribution is -2.40. The minimum atomic E-state index is -0.186. The summed E-state index contributed by atoms with van der Waals surface area (Å²) in [5, 5.41) is 3.36. The predicted molar refractivity (Wildman–Crippen MR) is 97.4 cm³/mol. The second-order valence-corrected chi connectivity index (χ2v) is 7.96. The average molecular weight is 361 g/mol. The molecule has 1 aromatic carbocycles. The van der Waals surface area contributed by atoms with Crippen LogP contribution in [0.2, 0.25) is 0 Å². The van der Waals surface area contributed by atoms with Gasteiger partial charge in [-0.3, -0.25) is 9.59 Å². The number of carbonyl (C=O) groups is 2. The summed E-state index contributed by atoms with van der Waals surface area (Å²) < 4.78 is 0. The minimum absolute atomic E-state index is 0.0109. The molecule has 3 rings (SSSR count). The van der Waals surface area contributed by atoms with Gasteiger partial charge in [0, 0.05) is 22.0 Å². The van der Waals surface area contributed by atoms with Crippen molar-refractivity contribution in [3.8, 4) is 0 Å². The van der Waals surface area contributed by atoms with E-state index in [1.807, 2.05) is 37.3 Å². The van der Waals surface area contributed by atoms with Gasteiger partial charge in [0.25, 0.3) is 0 Å². The number of amides is 2. The highest BCUT2D eigenvalue weighted by atomic mass is 32.2.